The molecule has 1 aliphatic rings. The van der Waals surface area contributed by atoms with Gasteiger partial charge in [-0.1, -0.05) is 12.2 Å². The van der Waals surface area contributed by atoms with Crippen LogP contribution in [0.2, 0.25) is 0 Å². The fraction of sp³-hybridized carbons (Fsp3) is 0.231. The van der Waals surface area contributed by atoms with E-state index in [1.807, 2.05) is 24.3 Å². The highest BCUT2D eigenvalue weighted by atomic mass is 32.1. The van der Waals surface area contributed by atoms with Crippen LogP contribution in [0.5, 0.6) is 5.75 Å². The molecule has 0 amide bonds. The predicted octanol–water partition coefficient (Wildman–Crippen LogP) is 3.35. The number of hydrogen-bond donors (Lipinski definition) is 1. The van der Waals surface area contributed by atoms with Crippen molar-refractivity contribution < 1.29 is 4.74 Å². The average Bonchev–Trinajstić information content (AvgIpc) is 3.15. The fourth-order valence-electron chi connectivity index (χ4n) is 1.63. The van der Waals surface area contributed by atoms with Crippen molar-refractivity contribution in [3.8, 4) is 17.0 Å². The van der Waals surface area contributed by atoms with Crippen molar-refractivity contribution in [2.45, 2.75) is 18.9 Å². The molecule has 0 spiro atoms. The number of benzene rings is 1. The van der Waals surface area contributed by atoms with Crippen molar-refractivity contribution >= 4 is 12.2 Å². The van der Waals surface area contributed by atoms with Crippen molar-refractivity contribution in [3.05, 3.63) is 41.3 Å². The molecular formula is C13H12N2OS. The standard InChI is InChI=1S/C13H12N2OS/c17-13-12(14-7-8-15-13)9-1-3-10(4-2-9)16-11-5-6-11/h1-4,7-8,11H,5-6H2,(H,15,17). The molecule has 1 N–H and O–H groups in total. The van der Waals surface area contributed by atoms with Gasteiger partial charge in [0, 0.05) is 18.0 Å². The fourth-order valence-corrected chi connectivity index (χ4v) is 1.87. The molecule has 1 aromatic carbocycles. The third-order valence-electron chi connectivity index (χ3n) is 2.66. The van der Waals surface area contributed by atoms with Crippen LogP contribution in [0.25, 0.3) is 11.3 Å². The largest absolute Gasteiger partial charge is 0.490 e. The first-order chi connectivity index (χ1) is 8.33. The normalized spacial score (nSPS) is 14.6. The summed E-state index contributed by atoms with van der Waals surface area (Å²) in [4.78, 5) is 7.25. The second kappa shape index (κ2) is 4.30. The molecule has 1 heterocycles. The van der Waals surface area contributed by atoms with E-state index in [4.69, 9.17) is 17.0 Å². The summed E-state index contributed by atoms with van der Waals surface area (Å²) in [7, 11) is 0. The van der Waals surface area contributed by atoms with Crippen molar-refractivity contribution in [1.29, 1.82) is 0 Å². The summed E-state index contributed by atoms with van der Waals surface area (Å²) in [5, 5.41) is 0. The van der Waals surface area contributed by atoms with Crippen molar-refractivity contribution in [2.24, 2.45) is 0 Å². The zero-order chi connectivity index (χ0) is 11.7. The molecule has 1 fully saturated rings. The lowest BCUT2D eigenvalue weighted by Gasteiger charge is -2.05. The zero-order valence-electron chi connectivity index (χ0n) is 9.22. The Morgan fingerprint density at radius 1 is 1.24 bits per heavy atom. The van der Waals surface area contributed by atoms with E-state index in [0.717, 1.165) is 17.0 Å². The van der Waals surface area contributed by atoms with Gasteiger partial charge < -0.3 is 9.72 Å². The van der Waals surface area contributed by atoms with E-state index in [-0.39, 0.29) is 0 Å². The number of aromatic amines is 1. The smallest absolute Gasteiger partial charge is 0.129 e. The molecule has 17 heavy (non-hydrogen) atoms. The first-order valence-electron chi connectivity index (χ1n) is 5.64. The van der Waals surface area contributed by atoms with E-state index in [1.54, 1.807) is 12.4 Å². The van der Waals surface area contributed by atoms with E-state index in [2.05, 4.69) is 9.97 Å². The molecule has 1 aromatic heterocycles. The predicted molar refractivity (Wildman–Crippen MR) is 68.5 cm³/mol. The zero-order valence-corrected chi connectivity index (χ0v) is 10.0. The Morgan fingerprint density at radius 3 is 2.65 bits per heavy atom. The molecule has 1 aliphatic carbocycles. The van der Waals surface area contributed by atoms with E-state index >= 15 is 0 Å². The summed E-state index contributed by atoms with van der Waals surface area (Å²) in [5.74, 6) is 0.919. The second-order valence-electron chi connectivity index (χ2n) is 4.11. The minimum Gasteiger partial charge on any atom is -0.490 e. The van der Waals surface area contributed by atoms with Crippen LogP contribution in [0.4, 0.5) is 0 Å². The Hall–Kier alpha value is -1.68. The molecule has 0 atom stereocenters. The number of ether oxygens (including phenoxy) is 1. The first kappa shape index (κ1) is 10.5. The monoisotopic (exact) mass is 244 g/mol. The van der Waals surface area contributed by atoms with Gasteiger partial charge in [-0.2, -0.15) is 0 Å². The Balaban J connectivity index is 1.88. The van der Waals surface area contributed by atoms with Crippen molar-refractivity contribution in [2.75, 3.05) is 0 Å². The maximum atomic E-state index is 5.69. The summed E-state index contributed by atoms with van der Waals surface area (Å²) in [6, 6.07) is 7.92. The lowest BCUT2D eigenvalue weighted by molar-refractivity contribution is 0.303. The number of H-pyrrole nitrogens is 1. The Morgan fingerprint density at radius 2 is 2.00 bits per heavy atom. The van der Waals surface area contributed by atoms with E-state index < -0.39 is 0 Å². The highest BCUT2D eigenvalue weighted by molar-refractivity contribution is 7.71. The van der Waals surface area contributed by atoms with Gasteiger partial charge >= 0.3 is 0 Å². The molecule has 1 saturated carbocycles. The lowest BCUT2D eigenvalue weighted by atomic mass is 10.1. The summed E-state index contributed by atoms with van der Waals surface area (Å²) in [6.45, 7) is 0. The van der Waals surface area contributed by atoms with Gasteiger partial charge in [0.2, 0.25) is 0 Å². The number of aromatic nitrogens is 2. The van der Waals surface area contributed by atoms with Gasteiger partial charge in [0.25, 0.3) is 0 Å². The van der Waals surface area contributed by atoms with Gasteiger partial charge in [0.15, 0.2) is 0 Å². The second-order valence-corrected chi connectivity index (χ2v) is 4.52. The van der Waals surface area contributed by atoms with E-state index in [1.165, 1.54) is 12.8 Å². The quantitative estimate of drug-likeness (QED) is 0.841. The van der Waals surface area contributed by atoms with Crippen molar-refractivity contribution in [1.82, 2.24) is 9.97 Å². The SMILES string of the molecule is S=c1[nH]ccnc1-c1ccc(OC2CC2)cc1. The minimum absolute atomic E-state index is 0.429. The van der Waals surface area contributed by atoms with Crippen LogP contribution in [-0.4, -0.2) is 16.1 Å². The molecule has 0 unspecified atom stereocenters. The van der Waals surface area contributed by atoms with Crippen LogP contribution in [0.3, 0.4) is 0 Å². The minimum atomic E-state index is 0.429. The van der Waals surface area contributed by atoms with Crippen molar-refractivity contribution in [3.63, 3.8) is 0 Å². The highest BCUT2D eigenvalue weighted by Gasteiger charge is 2.23. The average molecular weight is 244 g/mol. The van der Waals surface area contributed by atoms with Gasteiger partial charge in [-0.25, -0.2) is 0 Å². The Labute approximate surface area is 104 Å². The third-order valence-corrected chi connectivity index (χ3v) is 2.97. The molecule has 0 saturated heterocycles. The van der Waals surface area contributed by atoms with Crippen LogP contribution in [0.15, 0.2) is 36.7 Å². The number of nitrogens with zero attached hydrogens (tertiary/aromatic N) is 1. The molecule has 3 nitrogen and oxygen atoms in total. The first-order valence-corrected chi connectivity index (χ1v) is 6.04. The Bertz CT molecular complexity index is 572. The molecule has 0 bridgehead atoms. The summed E-state index contributed by atoms with van der Waals surface area (Å²) < 4.78 is 6.35. The molecule has 3 rings (SSSR count). The van der Waals surface area contributed by atoms with Crippen LogP contribution in [0.1, 0.15) is 12.8 Å². The lowest BCUT2D eigenvalue weighted by Crippen LogP contribution is -1.95. The number of hydrogen-bond acceptors (Lipinski definition) is 3. The van der Waals surface area contributed by atoms with E-state index in [9.17, 15) is 0 Å². The van der Waals surface area contributed by atoms with Gasteiger partial charge in [0.1, 0.15) is 16.1 Å². The van der Waals surface area contributed by atoms with Gasteiger partial charge in [0.05, 0.1) is 6.10 Å². The molecule has 4 heteroatoms. The van der Waals surface area contributed by atoms with Crippen LogP contribution < -0.4 is 4.74 Å². The Kier molecular flexibility index (Phi) is 2.65. The maximum Gasteiger partial charge on any atom is 0.129 e. The number of rotatable bonds is 3. The molecule has 0 radical (unpaired) electrons. The maximum absolute atomic E-state index is 5.69. The van der Waals surface area contributed by atoms with Gasteiger partial charge in [-0.3, -0.25) is 4.98 Å². The highest BCUT2D eigenvalue weighted by Crippen LogP contribution is 2.28. The summed E-state index contributed by atoms with van der Waals surface area (Å²) in [5.41, 5.74) is 1.82. The molecule has 86 valence electrons. The van der Waals surface area contributed by atoms with E-state index in [0.29, 0.717) is 10.7 Å². The van der Waals surface area contributed by atoms with Crippen LogP contribution in [0, 0.1) is 4.64 Å². The molecular weight excluding hydrogens is 232 g/mol. The number of nitrogens with one attached hydrogen (secondary N) is 1. The van der Waals surface area contributed by atoms with Crippen LogP contribution in [-0.2, 0) is 0 Å². The molecule has 2 aromatic rings. The third kappa shape index (κ3) is 2.36. The van der Waals surface area contributed by atoms with Crippen LogP contribution >= 0.6 is 12.2 Å². The van der Waals surface area contributed by atoms with Gasteiger partial charge in [-0.05, 0) is 37.1 Å². The summed E-state index contributed by atoms with van der Waals surface area (Å²) >= 11 is 5.20. The molecule has 0 aliphatic heterocycles. The topological polar surface area (TPSA) is 37.9 Å². The summed E-state index contributed by atoms with van der Waals surface area (Å²) in [6.07, 6.45) is 6.22. The van der Waals surface area contributed by atoms with Gasteiger partial charge in [-0.15, -0.1) is 0 Å².